The van der Waals surface area contributed by atoms with Gasteiger partial charge in [0.25, 0.3) is 5.91 Å². The number of hydrogen-bond acceptors (Lipinski definition) is 6. The van der Waals surface area contributed by atoms with Crippen LogP contribution in [0.15, 0.2) is 53.9 Å². The average molecular weight is 455 g/mol. The van der Waals surface area contributed by atoms with Crippen molar-refractivity contribution in [2.45, 2.75) is 13.0 Å². The zero-order valence-electron chi connectivity index (χ0n) is 17.3. The molecule has 3 aromatic rings. The topological polar surface area (TPSA) is 83.6 Å². The zero-order chi connectivity index (χ0) is 22.3. The lowest BCUT2D eigenvalue weighted by molar-refractivity contribution is -0.115. The van der Waals surface area contributed by atoms with E-state index in [1.165, 1.54) is 29.5 Å². The molecule has 0 spiro atoms. The van der Waals surface area contributed by atoms with Gasteiger partial charge in [0.15, 0.2) is 5.13 Å². The molecule has 166 valence electrons. The summed E-state index contributed by atoms with van der Waals surface area (Å²) in [5.74, 6) is -1.38. The number of benzene rings is 2. The van der Waals surface area contributed by atoms with E-state index in [4.69, 9.17) is 4.74 Å². The van der Waals surface area contributed by atoms with Gasteiger partial charge in [0.05, 0.1) is 30.9 Å². The summed E-state index contributed by atoms with van der Waals surface area (Å²) in [6, 6.07) is 13.5. The Balaban J connectivity index is 1.31. The van der Waals surface area contributed by atoms with Crippen LogP contribution in [0.2, 0.25) is 0 Å². The molecule has 1 saturated heterocycles. The second-order valence-corrected chi connectivity index (χ2v) is 8.25. The number of rotatable bonds is 7. The van der Waals surface area contributed by atoms with Crippen molar-refractivity contribution in [2.24, 2.45) is 0 Å². The highest BCUT2D eigenvalue weighted by molar-refractivity contribution is 7.14. The number of nitrogens with one attached hydrogen (secondary N) is 2. The van der Waals surface area contributed by atoms with E-state index < -0.39 is 11.7 Å². The molecule has 0 saturated carbocycles. The quantitative estimate of drug-likeness (QED) is 0.571. The third-order valence-electron chi connectivity index (χ3n) is 4.95. The molecule has 4 rings (SSSR count). The minimum atomic E-state index is -0.600. The molecule has 2 N–H and O–H groups in total. The van der Waals surface area contributed by atoms with Crippen LogP contribution in [-0.2, 0) is 22.5 Å². The third-order valence-corrected chi connectivity index (χ3v) is 5.76. The molecule has 32 heavy (non-hydrogen) atoms. The van der Waals surface area contributed by atoms with E-state index in [2.05, 4.69) is 20.5 Å². The number of ether oxygens (including phenoxy) is 1. The van der Waals surface area contributed by atoms with E-state index in [-0.39, 0.29) is 17.9 Å². The lowest BCUT2D eigenvalue weighted by Gasteiger charge is -2.26. The SMILES string of the molecule is O=C(Cc1csc(NC(=O)c2ccccc2F)n1)Nc1cccc(CN2CCOCC2)c1. The second-order valence-electron chi connectivity index (χ2n) is 7.39. The molecule has 0 aliphatic carbocycles. The fraction of sp³-hybridized carbons (Fsp3) is 0.261. The Morgan fingerprint density at radius 3 is 2.72 bits per heavy atom. The van der Waals surface area contributed by atoms with Crippen molar-refractivity contribution in [2.75, 3.05) is 36.9 Å². The summed E-state index contributed by atoms with van der Waals surface area (Å²) < 4.78 is 19.1. The van der Waals surface area contributed by atoms with Gasteiger partial charge in [0.1, 0.15) is 5.82 Å². The standard InChI is InChI=1S/C23H23FN4O3S/c24-20-7-2-1-6-19(20)22(30)27-23-26-18(15-32-23)13-21(29)25-17-5-3-4-16(12-17)14-28-8-10-31-11-9-28/h1-7,12,15H,8-11,13-14H2,(H,25,29)(H,26,27,30). The fourth-order valence-corrected chi connectivity index (χ4v) is 4.10. The monoisotopic (exact) mass is 454 g/mol. The summed E-state index contributed by atoms with van der Waals surface area (Å²) in [7, 11) is 0. The number of morpholine rings is 1. The number of anilines is 2. The first-order chi connectivity index (χ1) is 15.6. The van der Waals surface area contributed by atoms with Crippen LogP contribution in [0.3, 0.4) is 0 Å². The molecule has 2 heterocycles. The second kappa shape index (κ2) is 10.4. The predicted octanol–water partition coefficient (Wildman–Crippen LogP) is 3.55. The van der Waals surface area contributed by atoms with Crippen LogP contribution >= 0.6 is 11.3 Å². The van der Waals surface area contributed by atoms with Gasteiger partial charge in [0.2, 0.25) is 5.91 Å². The molecule has 1 aromatic heterocycles. The normalized spacial score (nSPS) is 14.2. The predicted molar refractivity (Wildman–Crippen MR) is 121 cm³/mol. The van der Waals surface area contributed by atoms with Gasteiger partial charge in [-0.15, -0.1) is 11.3 Å². The van der Waals surface area contributed by atoms with Crippen molar-refractivity contribution in [3.8, 4) is 0 Å². The third kappa shape index (κ3) is 5.97. The van der Waals surface area contributed by atoms with Crippen LogP contribution in [0.4, 0.5) is 15.2 Å². The van der Waals surface area contributed by atoms with E-state index in [1.807, 2.05) is 24.3 Å². The number of thiazole rings is 1. The maximum Gasteiger partial charge on any atom is 0.260 e. The Kier molecular flexibility index (Phi) is 7.21. The molecule has 1 aliphatic rings. The fourth-order valence-electron chi connectivity index (χ4n) is 3.39. The first kappa shape index (κ1) is 22.1. The summed E-state index contributed by atoms with van der Waals surface area (Å²) in [5.41, 5.74) is 2.32. The highest BCUT2D eigenvalue weighted by Gasteiger charge is 2.15. The lowest BCUT2D eigenvalue weighted by atomic mass is 10.1. The first-order valence-electron chi connectivity index (χ1n) is 10.3. The number of hydrogen-bond donors (Lipinski definition) is 2. The summed E-state index contributed by atoms with van der Waals surface area (Å²) in [6.45, 7) is 4.09. The van der Waals surface area contributed by atoms with Gasteiger partial charge in [0, 0.05) is 30.7 Å². The Hall–Kier alpha value is -3.14. The van der Waals surface area contributed by atoms with Crippen LogP contribution < -0.4 is 10.6 Å². The number of amides is 2. The van der Waals surface area contributed by atoms with Gasteiger partial charge in [-0.1, -0.05) is 24.3 Å². The smallest absolute Gasteiger partial charge is 0.260 e. The summed E-state index contributed by atoms with van der Waals surface area (Å²) in [5, 5.41) is 7.48. The van der Waals surface area contributed by atoms with Crippen molar-refractivity contribution in [1.82, 2.24) is 9.88 Å². The van der Waals surface area contributed by atoms with Crippen LogP contribution in [0.5, 0.6) is 0 Å². The van der Waals surface area contributed by atoms with E-state index >= 15 is 0 Å². The molecule has 1 fully saturated rings. The van der Waals surface area contributed by atoms with E-state index in [9.17, 15) is 14.0 Å². The summed E-state index contributed by atoms with van der Waals surface area (Å²) in [4.78, 5) is 31.3. The minimum Gasteiger partial charge on any atom is -0.379 e. The number of halogens is 1. The molecule has 0 bridgehead atoms. The molecule has 9 heteroatoms. The van der Waals surface area contributed by atoms with Gasteiger partial charge in [-0.3, -0.25) is 19.8 Å². The number of nitrogens with zero attached hydrogens (tertiary/aromatic N) is 2. The Bertz CT molecular complexity index is 1100. The van der Waals surface area contributed by atoms with Crippen LogP contribution in [0, 0.1) is 5.82 Å². The van der Waals surface area contributed by atoms with E-state index in [1.54, 1.807) is 11.4 Å². The molecule has 0 atom stereocenters. The van der Waals surface area contributed by atoms with Gasteiger partial charge >= 0.3 is 0 Å². The Morgan fingerprint density at radius 1 is 1.09 bits per heavy atom. The number of carbonyl (C=O) groups excluding carboxylic acids is 2. The van der Waals surface area contributed by atoms with Crippen molar-refractivity contribution in [3.63, 3.8) is 0 Å². The van der Waals surface area contributed by atoms with Crippen molar-refractivity contribution >= 4 is 34.0 Å². The average Bonchev–Trinajstić information content (AvgIpc) is 3.21. The molecular formula is C23H23FN4O3S. The van der Waals surface area contributed by atoms with Crippen LogP contribution in [0.1, 0.15) is 21.6 Å². The zero-order valence-corrected chi connectivity index (χ0v) is 18.2. The van der Waals surface area contributed by atoms with E-state index in [0.29, 0.717) is 10.8 Å². The summed E-state index contributed by atoms with van der Waals surface area (Å²) >= 11 is 1.19. The Labute approximate surface area is 189 Å². The maximum absolute atomic E-state index is 13.7. The molecule has 2 amide bonds. The molecule has 7 nitrogen and oxygen atoms in total. The molecule has 1 aliphatic heterocycles. The van der Waals surface area contributed by atoms with Crippen LogP contribution in [-0.4, -0.2) is 48.0 Å². The van der Waals surface area contributed by atoms with Gasteiger partial charge in [-0.2, -0.15) is 0 Å². The lowest BCUT2D eigenvalue weighted by Crippen LogP contribution is -2.35. The number of aromatic nitrogens is 1. The van der Waals surface area contributed by atoms with Crippen molar-refractivity contribution in [1.29, 1.82) is 0 Å². The van der Waals surface area contributed by atoms with Gasteiger partial charge < -0.3 is 10.1 Å². The molecule has 2 aromatic carbocycles. The molecular weight excluding hydrogens is 431 g/mol. The molecule has 0 unspecified atom stereocenters. The van der Waals surface area contributed by atoms with E-state index in [0.717, 1.165) is 44.1 Å². The maximum atomic E-state index is 13.7. The highest BCUT2D eigenvalue weighted by Crippen LogP contribution is 2.19. The highest BCUT2D eigenvalue weighted by atomic mass is 32.1. The first-order valence-corrected chi connectivity index (χ1v) is 11.1. The summed E-state index contributed by atoms with van der Waals surface area (Å²) in [6.07, 6.45) is 0.0692. The number of carbonyl (C=O) groups is 2. The Morgan fingerprint density at radius 2 is 1.91 bits per heavy atom. The van der Waals surface area contributed by atoms with Crippen molar-refractivity contribution < 1.29 is 18.7 Å². The minimum absolute atomic E-state index is 0.0565. The molecule has 0 radical (unpaired) electrons. The van der Waals surface area contributed by atoms with Crippen LogP contribution in [0.25, 0.3) is 0 Å². The van der Waals surface area contributed by atoms with Crippen molar-refractivity contribution in [3.05, 3.63) is 76.5 Å². The van der Waals surface area contributed by atoms with Gasteiger partial charge in [-0.25, -0.2) is 9.37 Å². The van der Waals surface area contributed by atoms with Gasteiger partial charge in [-0.05, 0) is 29.8 Å². The largest absolute Gasteiger partial charge is 0.379 e.